The van der Waals surface area contributed by atoms with Crippen molar-refractivity contribution in [1.29, 1.82) is 0 Å². The maximum atomic E-state index is 14.3. The van der Waals surface area contributed by atoms with Gasteiger partial charge in [-0.25, -0.2) is 8.78 Å². The number of benzene rings is 1. The van der Waals surface area contributed by atoms with Crippen LogP contribution in [0.5, 0.6) is 0 Å². The summed E-state index contributed by atoms with van der Waals surface area (Å²) in [6.07, 6.45) is 0.282. The Kier molecular flexibility index (Phi) is 4.97. The van der Waals surface area contributed by atoms with Gasteiger partial charge in [-0.2, -0.15) is 0 Å². The highest BCUT2D eigenvalue weighted by atomic mass is 19.1. The topological polar surface area (TPSA) is 32.3 Å². The number of rotatable bonds is 3. The Balaban J connectivity index is 3.24. The molecule has 0 unspecified atom stereocenters. The van der Waals surface area contributed by atoms with Gasteiger partial charge in [0.15, 0.2) is 11.6 Å². The maximum Gasteiger partial charge on any atom is 0.224 e. The molecule has 0 radical (unpaired) electrons. The van der Waals surface area contributed by atoms with Gasteiger partial charge in [0.05, 0.1) is 5.69 Å². The molecule has 1 rings (SSSR count). The Hall–Kier alpha value is -1.65. The van der Waals surface area contributed by atoms with E-state index >= 15 is 0 Å². The van der Waals surface area contributed by atoms with Crippen molar-refractivity contribution in [3.05, 3.63) is 22.8 Å². The summed E-state index contributed by atoms with van der Waals surface area (Å²) in [5, 5.41) is 2.65. The van der Waals surface area contributed by atoms with E-state index in [1.54, 1.807) is 27.9 Å². The molecule has 3 nitrogen and oxygen atoms in total. The predicted octanol–water partition coefficient (Wildman–Crippen LogP) is 4.02. The van der Waals surface area contributed by atoms with Crippen LogP contribution in [0.2, 0.25) is 0 Å². The molecule has 1 N–H and O–H groups in total. The van der Waals surface area contributed by atoms with Gasteiger partial charge in [0.25, 0.3) is 0 Å². The van der Waals surface area contributed by atoms with Crippen LogP contribution in [0.4, 0.5) is 20.2 Å². The van der Waals surface area contributed by atoms with E-state index in [4.69, 9.17) is 0 Å². The number of hydrogen-bond donors (Lipinski definition) is 1. The van der Waals surface area contributed by atoms with E-state index in [0.29, 0.717) is 0 Å². The van der Waals surface area contributed by atoms with Gasteiger partial charge in [0.2, 0.25) is 5.91 Å². The van der Waals surface area contributed by atoms with E-state index in [-0.39, 0.29) is 40.2 Å². The number of nitrogens with one attached hydrogen (secondary N) is 1. The normalized spacial score (nSPS) is 11.5. The molecule has 0 aliphatic heterocycles. The Morgan fingerprint density at radius 3 is 1.86 bits per heavy atom. The van der Waals surface area contributed by atoms with Crippen LogP contribution in [-0.4, -0.2) is 20.0 Å². The number of hydrogen-bond acceptors (Lipinski definition) is 2. The third-order valence-corrected chi connectivity index (χ3v) is 3.23. The van der Waals surface area contributed by atoms with Crippen LogP contribution in [0.3, 0.4) is 0 Å². The van der Waals surface area contributed by atoms with Crippen molar-refractivity contribution in [3.63, 3.8) is 0 Å². The zero-order valence-electron chi connectivity index (χ0n) is 13.8. The predicted molar refractivity (Wildman–Crippen MR) is 82.9 cm³/mol. The van der Waals surface area contributed by atoms with Crippen LogP contribution in [0, 0.1) is 30.9 Å². The molecule has 0 aliphatic rings. The number of halogens is 2. The first-order valence-electron chi connectivity index (χ1n) is 6.91. The molecule has 1 aromatic carbocycles. The zero-order valence-corrected chi connectivity index (χ0v) is 13.8. The monoisotopic (exact) mass is 298 g/mol. The van der Waals surface area contributed by atoms with Gasteiger partial charge in [0, 0.05) is 31.6 Å². The van der Waals surface area contributed by atoms with Gasteiger partial charge >= 0.3 is 0 Å². The van der Waals surface area contributed by atoms with E-state index in [1.807, 2.05) is 20.8 Å². The molecule has 1 amide bonds. The van der Waals surface area contributed by atoms with Crippen LogP contribution in [-0.2, 0) is 4.79 Å². The van der Waals surface area contributed by atoms with Crippen molar-refractivity contribution in [2.75, 3.05) is 24.3 Å². The molecule has 0 heterocycles. The third kappa shape index (κ3) is 3.93. The van der Waals surface area contributed by atoms with Gasteiger partial charge in [-0.15, -0.1) is 0 Å². The molecule has 0 saturated carbocycles. The number of anilines is 2. The molecule has 21 heavy (non-hydrogen) atoms. The van der Waals surface area contributed by atoms with E-state index in [2.05, 4.69) is 5.32 Å². The van der Waals surface area contributed by atoms with Gasteiger partial charge in [-0.1, -0.05) is 20.8 Å². The molecule has 0 aromatic heterocycles. The quantitative estimate of drug-likeness (QED) is 0.914. The number of carbonyl (C=O) groups excluding carboxylic acids is 1. The smallest absolute Gasteiger partial charge is 0.224 e. The summed E-state index contributed by atoms with van der Waals surface area (Å²) in [6.45, 7) is 8.89. The van der Waals surface area contributed by atoms with Crippen LogP contribution < -0.4 is 10.2 Å². The average Bonchev–Trinajstić information content (AvgIpc) is 2.29. The zero-order chi connectivity index (χ0) is 16.5. The lowest BCUT2D eigenvalue weighted by Crippen LogP contribution is -2.22. The van der Waals surface area contributed by atoms with Crippen LogP contribution in [0.1, 0.15) is 38.3 Å². The van der Waals surface area contributed by atoms with Crippen LogP contribution in [0.15, 0.2) is 0 Å². The third-order valence-electron chi connectivity index (χ3n) is 3.23. The number of nitrogens with zero attached hydrogens (tertiary/aromatic N) is 1. The van der Waals surface area contributed by atoms with Gasteiger partial charge in [-0.3, -0.25) is 4.79 Å². The minimum absolute atomic E-state index is 0.0844. The molecule has 118 valence electrons. The molecule has 5 heteroatoms. The molecular formula is C16H24F2N2O. The lowest BCUT2D eigenvalue weighted by atomic mass is 9.92. The SMILES string of the molecule is Cc1c(F)c(N(C)C)c(F)c(C)c1NC(=O)CC(C)(C)C. The average molecular weight is 298 g/mol. The van der Waals surface area contributed by atoms with E-state index < -0.39 is 11.6 Å². The summed E-state index contributed by atoms with van der Waals surface area (Å²) >= 11 is 0. The summed E-state index contributed by atoms with van der Waals surface area (Å²) in [7, 11) is 3.16. The summed E-state index contributed by atoms with van der Waals surface area (Å²) in [6, 6.07) is 0. The first-order valence-corrected chi connectivity index (χ1v) is 6.91. The summed E-state index contributed by atoms with van der Waals surface area (Å²) in [5.41, 5.74) is 0.454. The van der Waals surface area contributed by atoms with Gasteiger partial charge < -0.3 is 10.2 Å². The minimum Gasteiger partial charge on any atom is -0.373 e. The first-order chi connectivity index (χ1) is 9.45. The van der Waals surface area contributed by atoms with Crippen molar-refractivity contribution < 1.29 is 13.6 Å². The highest BCUT2D eigenvalue weighted by molar-refractivity contribution is 5.93. The fraction of sp³-hybridized carbons (Fsp3) is 0.562. The molecule has 0 aliphatic carbocycles. The highest BCUT2D eigenvalue weighted by Gasteiger charge is 2.23. The Labute approximate surface area is 125 Å². The van der Waals surface area contributed by atoms with E-state index in [1.165, 1.54) is 4.90 Å². The highest BCUT2D eigenvalue weighted by Crippen LogP contribution is 2.34. The molecular weight excluding hydrogens is 274 g/mol. The van der Waals surface area contributed by atoms with Crippen molar-refractivity contribution in [2.45, 2.75) is 41.0 Å². The van der Waals surface area contributed by atoms with E-state index in [0.717, 1.165) is 0 Å². The number of carbonyl (C=O) groups is 1. The summed E-state index contributed by atoms with van der Waals surface area (Å²) in [5.74, 6) is -1.53. The fourth-order valence-electron chi connectivity index (χ4n) is 2.20. The second-order valence-electron chi connectivity index (χ2n) is 6.78. The molecule has 0 saturated heterocycles. The lowest BCUT2D eigenvalue weighted by Gasteiger charge is -2.22. The maximum absolute atomic E-state index is 14.3. The molecule has 0 atom stereocenters. The Morgan fingerprint density at radius 1 is 1.10 bits per heavy atom. The summed E-state index contributed by atoms with van der Waals surface area (Å²) < 4.78 is 28.6. The molecule has 0 spiro atoms. The lowest BCUT2D eigenvalue weighted by molar-refractivity contribution is -0.117. The molecule has 1 aromatic rings. The van der Waals surface area contributed by atoms with Gasteiger partial charge in [-0.05, 0) is 19.3 Å². The first kappa shape index (κ1) is 17.4. The molecule has 0 bridgehead atoms. The van der Waals surface area contributed by atoms with Crippen molar-refractivity contribution in [3.8, 4) is 0 Å². The van der Waals surface area contributed by atoms with Gasteiger partial charge in [0.1, 0.15) is 5.69 Å². The molecule has 0 fully saturated rings. The van der Waals surface area contributed by atoms with Crippen molar-refractivity contribution in [1.82, 2.24) is 0 Å². The fourth-order valence-corrected chi connectivity index (χ4v) is 2.20. The Morgan fingerprint density at radius 2 is 1.52 bits per heavy atom. The van der Waals surface area contributed by atoms with E-state index in [9.17, 15) is 13.6 Å². The summed E-state index contributed by atoms with van der Waals surface area (Å²) in [4.78, 5) is 13.4. The Bertz CT molecular complexity index is 531. The number of amides is 1. The second-order valence-corrected chi connectivity index (χ2v) is 6.78. The van der Waals surface area contributed by atoms with Crippen LogP contribution in [0.25, 0.3) is 0 Å². The van der Waals surface area contributed by atoms with Crippen LogP contribution >= 0.6 is 0 Å². The minimum atomic E-state index is -0.644. The largest absolute Gasteiger partial charge is 0.373 e. The van der Waals surface area contributed by atoms with Crippen molar-refractivity contribution >= 4 is 17.3 Å². The second kappa shape index (κ2) is 6.00. The van der Waals surface area contributed by atoms with Crippen molar-refractivity contribution in [2.24, 2.45) is 5.41 Å². The standard InChI is InChI=1S/C16H24F2N2O/c1-9-12(17)15(20(6)7)13(18)10(2)14(9)19-11(21)8-16(3,4)5/h8H2,1-7H3,(H,19,21).